The first-order chi connectivity index (χ1) is 6.29. The van der Waals surface area contributed by atoms with Crippen LogP contribution in [-0.4, -0.2) is 17.2 Å². The number of para-hydroxylation sites is 1. The third kappa shape index (κ3) is 2.20. The molecule has 1 fully saturated rings. The van der Waals surface area contributed by atoms with Crippen molar-refractivity contribution in [2.24, 2.45) is 0 Å². The van der Waals surface area contributed by atoms with Crippen molar-refractivity contribution in [1.29, 1.82) is 0 Å². The van der Waals surface area contributed by atoms with Gasteiger partial charge in [-0.05, 0) is 25.0 Å². The third-order valence-electron chi connectivity index (χ3n) is 2.28. The highest BCUT2D eigenvalue weighted by atomic mass is 31.2. The maximum absolute atomic E-state index is 10.0. The smallest absolute Gasteiger partial charge is 0.316 e. The second-order valence-corrected chi connectivity index (χ2v) is 6.17. The maximum atomic E-state index is 10.0. The van der Waals surface area contributed by atoms with Crippen LogP contribution in [0, 0.1) is 0 Å². The summed E-state index contributed by atoms with van der Waals surface area (Å²) in [5.74, 6) is 0.806. The lowest BCUT2D eigenvalue weighted by molar-refractivity contribution is 0.463. The number of benzene rings is 1. The molecule has 0 spiro atoms. The molecule has 0 atom stereocenters. The Hall–Kier alpha value is -0.590. The molecule has 2 rings (SSSR count). The average Bonchev–Trinajstić information content (AvgIpc) is 2.54. The van der Waals surface area contributed by atoms with Crippen LogP contribution >= 0.6 is 7.72 Å². The topological polar surface area (TPSA) is 29.5 Å². The summed E-state index contributed by atoms with van der Waals surface area (Å²) < 4.78 is 5.63. The molecule has 1 heterocycles. The molecule has 1 aromatic rings. The van der Waals surface area contributed by atoms with Crippen molar-refractivity contribution in [2.45, 2.75) is 12.8 Å². The summed E-state index contributed by atoms with van der Waals surface area (Å²) in [6.07, 6.45) is 3.94. The van der Waals surface area contributed by atoms with Gasteiger partial charge >= 0.3 is 7.72 Å². The molecule has 1 N–H and O–H groups in total. The van der Waals surface area contributed by atoms with Gasteiger partial charge in [0.2, 0.25) is 0 Å². The van der Waals surface area contributed by atoms with E-state index in [2.05, 4.69) is 0 Å². The molecule has 1 aliphatic rings. The Morgan fingerprint density at radius 2 is 1.69 bits per heavy atom. The number of rotatable bonds is 2. The molecule has 1 aromatic carbocycles. The van der Waals surface area contributed by atoms with Gasteiger partial charge in [0, 0.05) is 0 Å². The van der Waals surface area contributed by atoms with Gasteiger partial charge in [-0.15, -0.1) is 0 Å². The average molecular weight is 197 g/mol. The van der Waals surface area contributed by atoms with Crippen molar-refractivity contribution < 1.29 is 9.42 Å². The van der Waals surface area contributed by atoms with Crippen LogP contribution in [0.2, 0.25) is 0 Å². The fourth-order valence-electron chi connectivity index (χ4n) is 1.60. The van der Waals surface area contributed by atoms with E-state index in [4.69, 9.17) is 4.52 Å². The zero-order chi connectivity index (χ0) is 9.15. The first-order valence-electron chi connectivity index (χ1n) is 4.63. The zero-order valence-corrected chi connectivity index (χ0v) is 8.41. The van der Waals surface area contributed by atoms with Crippen LogP contribution in [0.4, 0.5) is 0 Å². The summed E-state index contributed by atoms with van der Waals surface area (Å²) in [4.78, 5) is 10.0. The lowest BCUT2D eigenvalue weighted by Crippen LogP contribution is -2.01. The molecule has 1 saturated heterocycles. The molecule has 0 amide bonds. The van der Waals surface area contributed by atoms with Crippen molar-refractivity contribution in [3.63, 3.8) is 0 Å². The minimum Gasteiger partial charge on any atom is -0.320 e. The minimum atomic E-state index is -2.04. The molecule has 1 aliphatic heterocycles. The molecule has 0 aromatic heterocycles. The van der Waals surface area contributed by atoms with E-state index in [1.165, 1.54) is 0 Å². The zero-order valence-electron chi connectivity index (χ0n) is 7.52. The Bertz CT molecular complexity index is 268. The fourth-order valence-corrected chi connectivity index (χ4v) is 3.95. The van der Waals surface area contributed by atoms with Crippen LogP contribution in [0.3, 0.4) is 0 Å². The maximum Gasteiger partial charge on any atom is 0.316 e. The Morgan fingerprint density at radius 3 is 2.31 bits per heavy atom. The Balaban J connectivity index is 2.05. The monoisotopic (exact) mass is 197 g/mol. The van der Waals surface area contributed by atoms with E-state index in [0.29, 0.717) is 0 Å². The molecule has 2 nitrogen and oxygen atoms in total. The second kappa shape index (κ2) is 3.65. The largest absolute Gasteiger partial charge is 0.320 e. The Kier molecular flexibility index (Phi) is 2.52. The van der Waals surface area contributed by atoms with E-state index in [9.17, 15) is 4.89 Å². The standard InChI is InChI=1S/C10H14O2P/c11-13(8-4-5-9-13)12-10-6-2-1-3-7-10/h1-3,6-7,11H,4-5,8-9H2/q+1. The van der Waals surface area contributed by atoms with E-state index < -0.39 is 7.72 Å². The Morgan fingerprint density at radius 1 is 1.08 bits per heavy atom. The van der Waals surface area contributed by atoms with Gasteiger partial charge in [0.05, 0.1) is 0 Å². The molecule has 3 heteroatoms. The highest BCUT2D eigenvalue weighted by Crippen LogP contribution is 2.60. The van der Waals surface area contributed by atoms with Crippen molar-refractivity contribution in [3.05, 3.63) is 30.3 Å². The highest BCUT2D eigenvalue weighted by Gasteiger charge is 2.42. The van der Waals surface area contributed by atoms with E-state index in [-0.39, 0.29) is 0 Å². The number of hydrogen-bond acceptors (Lipinski definition) is 2. The molecule has 0 radical (unpaired) electrons. The first-order valence-corrected chi connectivity index (χ1v) is 6.66. The molecule has 13 heavy (non-hydrogen) atoms. The molecule has 0 aliphatic carbocycles. The SMILES string of the molecule is O[P+]1(Oc2ccccc2)CCCC1. The van der Waals surface area contributed by atoms with E-state index in [1.54, 1.807) is 0 Å². The van der Waals surface area contributed by atoms with Gasteiger partial charge in [-0.25, -0.2) is 4.89 Å². The van der Waals surface area contributed by atoms with E-state index >= 15 is 0 Å². The third-order valence-corrected chi connectivity index (χ3v) is 4.86. The van der Waals surface area contributed by atoms with Gasteiger partial charge in [0.25, 0.3) is 0 Å². The quantitative estimate of drug-likeness (QED) is 0.738. The predicted octanol–water partition coefficient (Wildman–Crippen LogP) is 2.70. The van der Waals surface area contributed by atoms with E-state index in [1.807, 2.05) is 30.3 Å². The van der Waals surface area contributed by atoms with Crippen LogP contribution < -0.4 is 4.52 Å². The summed E-state index contributed by atoms with van der Waals surface area (Å²) in [7, 11) is -2.04. The van der Waals surface area contributed by atoms with Crippen molar-refractivity contribution in [1.82, 2.24) is 0 Å². The van der Waals surface area contributed by atoms with Crippen molar-refractivity contribution in [2.75, 3.05) is 12.3 Å². The normalized spacial score (nSPS) is 20.1. The second-order valence-electron chi connectivity index (χ2n) is 3.40. The summed E-state index contributed by atoms with van der Waals surface area (Å²) in [6.45, 7) is 0. The molecule has 0 bridgehead atoms. The summed E-state index contributed by atoms with van der Waals surface area (Å²) in [6, 6.07) is 9.60. The van der Waals surface area contributed by atoms with Gasteiger partial charge in [0.15, 0.2) is 5.75 Å². The minimum absolute atomic E-state index is 0.806. The molecular formula is C10H14O2P+. The van der Waals surface area contributed by atoms with Crippen LogP contribution in [0.5, 0.6) is 5.75 Å². The summed E-state index contributed by atoms with van der Waals surface area (Å²) >= 11 is 0. The molecular weight excluding hydrogens is 183 g/mol. The predicted molar refractivity (Wildman–Crippen MR) is 55.2 cm³/mol. The fraction of sp³-hybridized carbons (Fsp3) is 0.400. The van der Waals surface area contributed by atoms with Crippen LogP contribution in [0.25, 0.3) is 0 Å². The van der Waals surface area contributed by atoms with Gasteiger partial charge in [-0.2, -0.15) is 0 Å². The van der Waals surface area contributed by atoms with Gasteiger partial charge < -0.3 is 4.52 Å². The van der Waals surface area contributed by atoms with Crippen LogP contribution in [-0.2, 0) is 0 Å². The molecule has 70 valence electrons. The molecule has 0 unspecified atom stereocenters. The van der Waals surface area contributed by atoms with Crippen LogP contribution in [0.1, 0.15) is 12.8 Å². The Labute approximate surface area is 79.1 Å². The summed E-state index contributed by atoms with van der Waals surface area (Å²) in [5.41, 5.74) is 0. The summed E-state index contributed by atoms with van der Waals surface area (Å²) in [5, 5.41) is 0. The lowest BCUT2D eigenvalue weighted by Gasteiger charge is -2.12. The highest BCUT2D eigenvalue weighted by molar-refractivity contribution is 7.66. The van der Waals surface area contributed by atoms with E-state index in [0.717, 1.165) is 30.9 Å². The lowest BCUT2D eigenvalue weighted by atomic mass is 10.3. The van der Waals surface area contributed by atoms with Crippen molar-refractivity contribution in [3.8, 4) is 5.75 Å². The van der Waals surface area contributed by atoms with Gasteiger partial charge in [0.1, 0.15) is 12.3 Å². The van der Waals surface area contributed by atoms with Gasteiger partial charge in [-0.3, -0.25) is 0 Å². The first kappa shape index (κ1) is 8.98. The molecule has 0 saturated carbocycles. The van der Waals surface area contributed by atoms with Crippen molar-refractivity contribution >= 4 is 7.72 Å². The number of hydrogen-bond donors (Lipinski definition) is 1. The van der Waals surface area contributed by atoms with Gasteiger partial charge in [-0.1, -0.05) is 18.2 Å². The van der Waals surface area contributed by atoms with Crippen LogP contribution in [0.15, 0.2) is 30.3 Å².